The number of rotatable bonds is 6. The quantitative estimate of drug-likeness (QED) is 0.741. The lowest BCUT2D eigenvalue weighted by Gasteiger charge is -2.10. The molecule has 0 saturated carbocycles. The summed E-state index contributed by atoms with van der Waals surface area (Å²) in [5.74, 6) is 4.58. The maximum Gasteiger partial charge on any atom is 0.118 e. The molecule has 16 heavy (non-hydrogen) atoms. The molecule has 3 nitrogen and oxygen atoms in total. The molecule has 1 aromatic rings. The third-order valence-electron chi connectivity index (χ3n) is 2.42. The Hall–Kier alpha value is -1.24. The van der Waals surface area contributed by atoms with Crippen LogP contribution in [0.1, 0.15) is 24.0 Å². The fourth-order valence-corrected chi connectivity index (χ4v) is 1.58. The van der Waals surface area contributed by atoms with Crippen LogP contribution in [-0.4, -0.2) is 25.0 Å². The molecule has 0 saturated heterocycles. The molecule has 0 spiro atoms. The maximum atomic E-state index is 5.68. The number of hydrogen-bond donors (Lipinski definition) is 1. The number of hydrogen-bond acceptors (Lipinski definition) is 3. The van der Waals surface area contributed by atoms with E-state index >= 15 is 0 Å². The molecule has 0 aromatic carbocycles. The van der Waals surface area contributed by atoms with Gasteiger partial charge in [0.25, 0.3) is 0 Å². The van der Waals surface area contributed by atoms with Crippen LogP contribution >= 0.6 is 0 Å². The summed E-state index contributed by atoms with van der Waals surface area (Å²) >= 11 is 0. The predicted molar refractivity (Wildman–Crippen MR) is 66.0 cm³/mol. The fraction of sp³-hybridized carbons (Fsp3) is 0.538. The van der Waals surface area contributed by atoms with Crippen LogP contribution in [0.5, 0.6) is 0 Å². The predicted octanol–water partition coefficient (Wildman–Crippen LogP) is 1.76. The third kappa shape index (κ3) is 3.73. The zero-order valence-electron chi connectivity index (χ0n) is 10.3. The monoisotopic (exact) mass is 220 g/mol. The molecule has 1 N–H and O–H groups in total. The van der Waals surface area contributed by atoms with Crippen molar-refractivity contribution < 1.29 is 4.42 Å². The van der Waals surface area contributed by atoms with Crippen molar-refractivity contribution in [1.82, 2.24) is 10.2 Å². The second kappa shape index (κ2) is 6.37. The van der Waals surface area contributed by atoms with Crippen molar-refractivity contribution in [2.24, 2.45) is 0 Å². The SMILES string of the molecule is C#CCN(C)Cc1cc(CNCC)c(C)o1. The van der Waals surface area contributed by atoms with Crippen LogP contribution in [0.25, 0.3) is 0 Å². The molecule has 0 bridgehead atoms. The molecule has 0 amide bonds. The van der Waals surface area contributed by atoms with E-state index in [0.29, 0.717) is 6.54 Å². The highest BCUT2D eigenvalue weighted by Gasteiger charge is 2.08. The van der Waals surface area contributed by atoms with Gasteiger partial charge in [0.15, 0.2) is 0 Å². The highest BCUT2D eigenvalue weighted by Crippen LogP contribution is 2.15. The molecule has 0 radical (unpaired) electrons. The van der Waals surface area contributed by atoms with Gasteiger partial charge in [0.2, 0.25) is 0 Å². The zero-order chi connectivity index (χ0) is 12.0. The molecule has 1 rings (SSSR count). The van der Waals surface area contributed by atoms with Crippen LogP contribution in [0, 0.1) is 19.3 Å². The highest BCUT2D eigenvalue weighted by molar-refractivity contribution is 5.20. The lowest BCUT2D eigenvalue weighted by Crippen LogP contribution is -2.17. The molecule has 1 aromatic heterocycles. The molecule has 0 aliphatic carbocycles. The van der Waals surface area contributed by atoms with E-state index in [4.69, 9.17) is 10.8 Å². The molecule has 0 aliphatic heterocycles. The number of nitrogens with zero attached hydrogens (tertiary/aromatic N) is 1. The largest absolute Gasteiger partial charge is 0.465 e. The summed E-state index contributed by atoms with van der Waals surface area (Å²) < 4.78 is 5.68. The second-order valence-electron chi connectivity index (χ2n) is 3.95. The van der Waals surface area contributed by atoms with E-state index in [1.807, 2.05) is 14.0 Å². The van der Waals surface area contributed by atoms with E-state index in [0.717, 1.165) is 31.2 Å². The topological polar surface area (TPSA) is 28.4 Å². The summed E-state index contributed by atoms with van der Waals surface area (Å²) in [6.07, 6.45) is 5.25. The number of aryl methyl sites for hydroxylation is 1. The Kier molecular flexibility index (Phi) is 5.10. The van der Waals surface area contributed by atoms with Crippen molar-refractivity contribution in [3.63, 3.8) is 0 Å². The van der Waals surface area contributed by atoms with Gasteiger partial charge in [0.05, 0.1) is 13.1 Å². The van der Waals surface area contributed by atoms with Gasteiger partial charge in [0.1, 0.15) is 11.5 Å². The Morgan fingerprint density at radius 3 is 2.94 bits per heavy atom. The second-order valence-corrected chi connectivity index (χ2v) is 3.95. The number of nitrogens with one attached hydrogen (secondary N) is 1. The molecule has 0 unspecified atom stereocenters. The number of terminal acetylenes is 1. The zero-order valence-corrected chi connectivity index (χ0v) is 10.3. The van der Waals surface area contributed by atoms with Crippen LogP contribution in [0.3, 0.4) is 0 Å². The summed E-state index contributed by atoms with van der Waals surface area (Å²) in [7, 11) is 1.99. The van der Waals surface area contributed by atoms with Gasteiger partial charge in [-0.25, -0.2) is 0 Å². The van der Waals surface area contributed by atoms with Gasteiger partial charge in [0, 0.05) is 12.1 Å². The van der Waals surface area contributed by atoms with Crippen LogP contribution in [0.15, 0.2) is 10.5 Å². The lowest BCUT2D eigenvalue weighted by atomic mass is 10.2. The fourth-order valence-electron chi connectivity index (χ4n) is 1.58. The van der Waals surface area contributed by atoms with Crippen molar-refractivity contribution in [1.29, 1.82) is 0 Å². The van der Waals surface area contributed by atoms with Gasteiger partial charge in [-0.15, -0.1) is 6.42 Å². The Bertz CT molecular complexity index is 362. The van der Waals surface area contributed by atoms with E-state index in [2.05, 4.69) is 29.1 Å². The highest BCUT2D eigenvalue weighted by atomic mass is 16.3. The average molecular weight is 220 g/mol. The standard InChI is InChI=1S/C13H20N2O/c1-5-7-15(4)10-13-8-12(9-14-6-2)11(3)16-13/h1,8,14H,6-7,9-10H2,2-4H3. The third-order valence-corrected chi connectivity index (χ3v) is 2.42. The Labute approximate surface area is 97.8 Å². The first-order valence-corrected chi connectivity index (χ1v) is 5.58. The van der Waals surface area contributed by atoms with Crippen LogP contribution in [0.2, 0.25) is 0 Å². The molecule has 0 aliphatic rings. The minimum atomic E-state index is 0.641. The summed E-state index contributed by atoms with van der Waals surface area (Å²) in [4.78, 5) is 2.05. The van der Waals surface area contributed by atoms with Gasteiger partial charge >= 0.3 is 0 Å². The summed E-state index contributed by atoms with van der Waals surface area (Å²) in [6.45, 7) is 7.33. The minimum Gasteiger partial charge on any atom is -0.465 e. The first kappa shape index (κ1) is 12.8. The van der Waals surface area contributed by atoms with Crippen LogP contribution in [0.4, 0.5) is 0 Å². The molecular formula is C13H20N2O. The van der Waals surface area contributed by atoms with E-state index in [1.54, 1.807) is 0 Å². The molecule has 1 heterocycles. The van der Waals surface area contributed by atoms with Crippen molar-refractivity contribution in [3.05, 3.63) is 23.2 Å². The van der Waals surface area contributed by atoms with E-state index in [9.17, 15) is 0 Å². The van der Waals surface area contributed by atoms with Gasteiger partial charge in [-0.1, -0.05) is 12.8 Å². The lowest BCUT2D eigenvalue weighted by molar-refractivity contribution is 0.322. The van der Waals surface area contributed by atoms with Gasteiger partial charge in [-0.3, -0.25) is 4.90 Å². The van der Waals surface area contributed by atoms with Crippen molar-refractivity contribution >= 4 is 0 Å². The Morgan fingerprint density at radius 2 is 2.31 bits per heavy atom. The molecule has 3 heteroatoms. The molecule has 0 atom stereocenters. The Morgan fingerprint density at radius 1 is 1.56 bits per heavy atom. The van der Waals surface area contributed by atoms with E-state index in [1.165, 1.54) is 5.56 Å². The van der Waals surface area contributed by atoms with Crippen molar-refractivity contribution in [2.45, 2.75) is 26.9 Å². The first-order valence-electron chi connectivity index (χ1n) is 5.58. The summed E-state index contributed by atoms with van der Waals surface area (Å²) in [5.41, 5.74) is 1.23. The summed E-state index contributed by atoms with van der Waals surface area (Å²) in [5, 5.41) is 3.29. The first-order chi connectivity index (χ1) is 7.67. The van der Waals surface area contributed by atoms with E-state index < -0.39 is 0 Å². The van der Waals surface area contributed by atoms with Gasteiger partial charge in [-0.2, -0.15) is 0 Å². The normalized spacial score (nSPS) is 10.7. The Balaban J connectivity index is 2.58. The van der Waals surface area contributed by atoms with Crippen LogP contribution in [-0.2, 0) is 13.1 Å². The van der Waals surface area contributed by atoms with Crippen LogP contribution < -0.4 is 5.32 Å². The smallest absolute Gasteiger partial charge is 0.118 e. The molecule has 0 fully saturated rings. The molecular weight excluding hydrogens is 200 g/mol. The average Bonchev–Trinajstić information content (AvgIpc) is 2.56. The molecule has 88 valence electrons. The van der Waals surface area contributed by atoms with Gasteiger partial charge in [-0.05, 0) is 26.6 Å². The minimum absolute atomic E-state index is 0.641. The summed E-state index contributed by atoms with van der Waals surface area (Å²) in [6, 6.07) is 2.10. The number of furan rings is 1. The van der Waals surface area contributed by atoms with Crippen molar-refractivity contribution in [2.75, 3.05) is 20.1 Å². The maximum absolute atomic E-state index is 5.68. The van der Waals surface area contributed by atoms with E-state index in [-0.39, 0.29) is 0 Å². The van der Waals surface area contributed by atoms with Crippen molar-refractivity contribution in [3.8, 4) is 12.3 Å². The van der Waals surface area contributed by atoms with Gasteiger partial charge < -0.3 is 9.73 Å².